The lowest BCUT2D eigenvalue weighted by Gasteiger charge is -2.22. The highest BCUT2D eigenvalue weighted by atomic mass is 16.2. The van der Waals surface area contributed by atoms with Crippen molar-refractivity contribution in [3.05, 3.63) is 0 Å². The molecule has 0 unspecified atom stereocenters. The van der Waals surface area contributed by atoms with Crippen molar-refractivity contribution in [1.29, 1.82) is 0 Å². The van der Waals surface area contributed by atoms with Gasteiger partial charge in [0.2, 0.25) is 0 Å². The van der Waals surface area contributed by atoms with E-state index < -0.39 is 0 Å². The largest absolute Gasteiger partial charge is 0.396 e. The van der Waals surface area contributed by atoms with Crippen LogP contribution in [0.25, 0.3) is 0 Å². The highest BCUT2D eigenvalue weighted by molar-refractivity contribution is 4.60. The van der Waals surface area contributed by atoms with Crippen LogP contribution in [0.4, 0.5) is 0 Å². The molecule has 0 aromatic rings. The van der Waals surface area contributed by atoms with Crippen molar-refractivity contribution in [2.75, 3.05) is 32.8 Å². The maximum Gasteiger partial charge on any atom is 0.0443 e. The topological polar surface area (TPSA) is 49.5 Å². The van der Waals surface area contributed by atoms with Crippen LogP contribution in [0.5, 0.6) is 0 Å². The molecule has 0 aliphatic heterocycles. The molecule has 0 rings (SSSR count). The van der Waals surface area contributed by atoms with E-state index in [0.29, 0.717) is 6.54 Å². The van der Waals surface area contributed by atoms with Gasteiger partial charge in [0.25, 0.3) is 0 Å². The zero-order valence-electron chi connectivity index (χ0n) is 21.4. The van der Waals surface area contributed by atoms with E-state index in [9.17, 15) is 0 Å². The molecule has 0 spiro atoms. The molecule has 0 aromatic carbocycles. The van der Waals surface area contributed by atoms with Crippen molar-refractivity contribution in [1.82, 2.24) is 4.90 Å². The summed E-state index contributed by atoms with van der Waals surface area (Å²) in [4.78, 5) is 2.79. The molecule has 3 nitrogen and oxygen atoms in total. The minimum Gasteiger partial charge on any atom is -0.396 e. The summed E-state index contributed by atoms with van der Waals surface area (Å²) in [5.41, 5.74) is 4.98. The molecule has 30 heavy (non-hydrogen) atoms. The van der Waals surface area contributed by atoms with Crippen molar-refractivity contribution in [2.24, 2.45) is 5.73 Å². The molecule has 3 heteroatoms. The predicted molar refractivity (Wildman–Crippen MR) is 137 cm³/mol. The summed E-state index contributed by atoms with van der Waals surface area (Å²) < 4.78 is 0. The molecule has 0 saturated carbocycles. The van der Waals surface area contributed by atoms with Crippen LogP contribution in [0.3, 0.4) is 0 Å². The normalized spacial score (nSPS) is 11.0. The average Bonchev–Trinajstić information content (AvgIpc) is 2.76. The van der Waals surface area contributed by atoms with Gasteiger partial charge in [0, 0.05) is 6.61 Å². The van der Waals surface area contributed by atoms with Gasteiger partial charge in [-0.2, -0.15) is 0 Å². The Labute approximate surface area is 191 Å². The molecule has 184 valence electrons. The molecule has 3 N–H and O–H groups in total. The fraction of sp³-hybridized carbons (Fsp3) is 1.00. The van der Waals surface area contributed by atoms with Crippen molar-refractivity contribution < 1.29 is 5.11 Å². The zero-order valence-corrected chi connectivity index (χ0v) is 21.4. The summed E-state index contributed by atoms with van der Waals surface area (Å²) in [5.74, 6) is 0. The van der Waals surface area contributed by atoms with Crippen LogP contribution in [0.15, 0.2) is 0 Å². The lowest BCUT2D eigenvalue weighted by Crippen LogP contribution is -2.27. The van der Waals surface area contributed by atoms with Crippen LogP contribution >= 0.6 is 0 Å². The van der Waals surface area contributed by atoms with Crippen LogP contribution in [0.2, 0.25) is 0 Å². The Balaban J connectivity index is 0. The first-order valence-corrected chi connectivity index (χ1v) is 13.8. The third-order valence-corrected chi connectivity index (χ3v) is 5.85. The molecule has 0 atom stereocenters. The molecule has 0 aromatic heterocycles. The number of hydrogen-bond acceptors (Lipinski definition) is 3. The summed E-state index contributed by atoms with van der Waals surface area (Å²) in [6.45, 7) is 11.8. The van der Waals surface area contributed by atoms with Crippen molar-refractivity contribution in [2.45, 2.75) is 143 Å². The molecular weight excluding hydrogens is 368 g/mol. The summed E-state index contributed by atoms with van der Waals surface area (Å²) >= 11 is 0. The van der Waals surface area contributed by atoms with Crippen LogP contribution in [0, 0.1) is 0 Å². The summed E-state index contributed by atoms with van der Waals surface area (Å²) in [5, 5.41) is 7.99. The highest BCUT2D eigenvalue weighted by Gasteiger charge is 2.05. The SMILES string of the molecule is CCCCCCCCN(CCCCCCCC)CCCCCCCC.NCCCO. The van der Waals surface area contributed by atoms with E-state index in [-0.39, 0.29) is 6.61 Å². The molecule has 0 bridgehead atoms. The number of hydrogen-bond donors (Lipinski definition) is 2. The molecule has 0 aliphatic carbocycles. The second kappa shape index (κ2) is 31.1. The second-order valence-electron chi connectivity index (χ2n) is 9.01. The molecule has 0 radical (unpaired) electrons. The fourth-order valence-corrected chi connectivity index (χ4v) is 3.77. The van der Waals surface area contributed by atoms with Gasteiger partial charge in [-0.3, -0.25) is 0 Å². The Kier molecular flexibility index (Phi) is 33.2. The van der Waals surface area contributed by atoms with E-state index in [2.05, 4.69) is 25.7 Å². The quantitative estimate of drug-likeness (QED) is 0.164. The van der Waals surface area contributed by atoms with Crippen molar-refractivity contribution in [3.8, 4) is 0 Å². The Hall–Kier alpha value is -0.120. The smallest absolute Gasteiger partial charge is 0.0443 e. The average molecular weight is 429 g/mol. The summed E-state index contributed by atoms with van der Waals surface area (Å²) in [6.07, 6.45) is 26.4. The van der Waals surface area contributed by atoms with Gasteiger partial charge in [-0.1, -0.05) is 117 Å². The molecular formula is C27H60N2O. The third kappa shape index (κ3) is 30.1. The lowest BCUT2D eigenvalue weighted by molar-refractivity contribution is 0.254. The van der Waals surface area contributed by atoms with Crippen LogP contribution in [-0.4, -0.2) is 42.8 Å². The fourth-order valence-electron chi connectivity index (χ4n) is 3.77. The standard InChI is InChI=1S/C24H51N.C3H9NO/c1-4-7-10-13-16-19-22-25(23-20-17-14-11-8-5-2)24-21-18-15-12-9-6-3;4-2-1-3-5/h4-24H2,1-3H3;5H,1-4H2. The minimum atomic E-state index is 0.219. The first-order valence-electron chi connectivity index (χ1n) is 13.8. The minimum absolute atomic E-state index is 0.219. The highest BCUT2D eigenvalue weighted by Crippen LogP contribution is 2.11. The van der Waals surface area contributed by atoms with Gasteiger partial charge in [0.05, 0.1) is 0 Å². The van der Waals surface area contributed by atoms with E-state index in [1.165, 1.54) is 135 Å². The van der Waals surface area contributed by atoms with E-state index in [4.69, 9.17) is 10.8 Å². The van der Waals surface area contributed by atoms with Gasteiger partial charge in [0.1, 0.15) is 0 Å². The summed E-state index contributed by atoms with van der Waals surface area (Å²) in [7, 11) is 0. The molecule has 0 heterocycles. The Bertz CT molecular complexity index is 234. The maximum absolute atomic E-state index is 7.99. The van der Waals surface area contributed by atoms with E-state index in [1.54, 1.807) is 0 Å². The molecule has 0 saturated heterocycles. The molecule has 0 amide bonds. The number of aliphatic hydroxyl groups is 1. The third-order valence-electron chi connectivity index (χ3n) is 5.85. The van der Waals surface area contributed by atoms with Gasteiger partial charge in [-0.25, -0.2) is 0 Å². The van der Waals surface area contributed by atoms with Gasteiger partial charge in [-0.05, 0) is 51.9 Å². The molecule has 0 fully saturated rings. The Morgan fingerprint density at radius 3 is 1.00 bits per heavy atom. The van der Waals surface area contributed by atoms with Crippen LogP contribution in [0.1, 0.15) is 143 Å². The number of unbranched alkanes of at least 4 members (excludes halogenated alkanes) is 15. The van der Waals surface area contributed by atoms with Gasteiger partial charge < -0.3 is 15.7 Å². The van der Waals surface area contributed by atoms with Crippen LogP contribution in [-0.2, 0) is 0 Å². The van der Waals surface area contributed by atoms with Crippen molar-refractivity contribution in [3.63, 3.8) is 0 Å². The zero-order chi connectivity index (χ0) is 22.5. The van der Waals surface area contributed by atoms with E-state index in [0.717, 1.165) is 6.42 Å². The van der Waals surface area contributed by atoms with Gasteiger partial charge in [-0.15, -0.1) is 0 Å². The second-order valence-corrected chi connectivity index (χ2v) is 9.01. The van der Waals surface area contributed by atoms with Gasteiger partial charge in [0.15, 0.2) is 0 Å². The maximum atomic E-state index is 7.99. The Morgan fingerprint density at radius 2 is 0.767 bits per heavy atom. The first kappa shape index (κ1) is 32.1. The number of aliphatic hydroxyl groups excluding tert-OH is 1. The summed E-state index contributed by atoms with van der Waals surface area (Å²) in [6, 6.07) is 0. The van der Waals surface area contributed by atoms with E-state index >= 15 is 0 Å². The Morgan fingerprint density at radius 1 is 0.467 bits per heavy atom. The van der Waals surface area contributed by atoms with Gasteiger partial charge >= 0.3 is 0 Å². The first-order chi connectivity index (χ1) is 14.8. The predicted octanol–water partition coefficient (Wildman–Crippen LogP) is 7.70. The number of rotatable bonds is 23. The monoisotopic (exact) mass is 428 g/mol. The number of nitrogens with zero attached hydrogens (tertiary/aromatic N) is 1. The lowest BCUT2D eigenvalue weighted by atomic mass is 10.1. The van der Waals surface area contributed by atoms with Crippen molar-refractivity contribution >= 4 is 0 Å². The molecule has 0 aliphatic rings. The number of nitrogens with two attached hydrogens (primary N) is 1. The van der Waals surface area contributed by atoms with E-state index in [1.807, 2.05) is 0 Å². The van der Waals surface area contributed by atoms with Crippen LogP contribution < -0.4 is 5.73 Å².